The van der Waals surface area contributed by atoms with E-state index in [4.69, 9.17) is 5.73 Å². The van der Waals surface area contributed by atoms with E-state index in [1.54, 1.807) is 0 Å². The lowest BCUT2D eigenvalue weighted by molar-refractivity contribution is 0.310. The van der Waals surface area contributed by atoms with Gasteiger partial charge in [0.15, 0.2) is 5.82 Å². The SMILES string of the molecule is CC1CCCCC1NS(=O)(=O)c1ccc(F)c(CN)c1F. The summed E-state index contributed by atoms with van der Waals surface area (Å²) in [6.07, 6.45) is 3.68. The van der Waals surface area contributed by atoms with Gasteiger partial charge in [-0.3, -0.25) is 0 Å². The van der Waals surface area contributed by atoms with Gasteiger partial charge in [-0.15, -0.1) is 0 Å². The minimum atomic E-state index is -4.02. The van der Waals surface area contributed by atoms with E-state index in [-0.39, 0.29) is 18.5 Å². The minimum Gasteiger partial charge on any atom is -0.326 e. The number of rotatable bonds is 4. The first-order chi connectivity index (χ1) is 9.86. The summed E-state index contributed by atoms with van der Waals surface area (Å²) in [5, 5.41) is 0. The highest BCUT2D eigenvalue weighted by atomic mass is 32.2. The third-order valence-corrected chi connectivity index (χ3v) is 5.57. The molecule has 0 bridgehead atoms. The number of sulfonamides is 1. The molecule has 2 unspecified atom stereocenters. The largest absolute Gasteiger partial charge is 0.326 e. The third kappa shape index (κ3) is 3.41. The average Bonchev–Trinajstić information content (AvgIpc) is 2.41. The zero-order chi connectivity index (χ0) is 15.6. The molecule has 1 fully saturated rings. The molecule has 2 rings (SSSR count). The van der Waals surface area contributed by atoms with Crippen LogP contribution in [-0.2, 0) is 16.6 Å². The van der Waals surface area contributed by atoms with Gasteiger partial charge in [0, 0.05) is 18.2 Å². The highest BCUT2D eigenvalue weighted by Gasteiger charge is 2.29. The quantitative estimate of drug-likeness (QED) is 0.894. The predicted molar refractivity (Wildman–Crippen MR) is 76.0 cm³/mol. The minimum absolute atomic E-state index is 0.200. The van der Waals surface area contributed by atoms with Crippen molar-refractivity contribution >= 4 is 10.0 Å². The third-order valence-electron chi connectivity index (χ3n) is 4.06. The van der Waals surface area contributed by atoms with E-state index in [1.165, 1.54) is 0 Å². The molecule has 1 aliphatic carbocycles. The average molecular weight is 318 g/mol. The molecule has 21 heavy (non-hydrogen) atoms. The summed E-state index contributed by atoms with van der Waals surface area (Å²) in [6, 6.07) is 1.67. The lowest BCUT2D eigenvalue weighted by Crippen LogP contribution is -2.41. The highest BCUT2D eigenvalue weighted by molar-refractivity contribution is 7.89. The zero-order valence-corrected chi connectivity index (χ0v) is 12.7. The first kappa shape index (κ1) is 16.3. The van der Waals surface area contributed by atoms with Crippen LogP contribution in [0.4, 0.5) is 8.78 Å². The molecule has 0 saturated heterocycles. The number of nitrogens with one attached hydrogen (secondary N) is 1. The molecule has 1 aromatic carbocycles. The maximum absolute atomic E-state index is 14.1. The predicted octanol–water partition coefficient (Wildman–Crippen LogP) is 2.28. The Bertz CT molecular complexity index is 620. The van der Waals surface area contributed by atoms with Gasteiger partial charge < -0.3 is 5.73 Å². The van der Waals surface area contributed by atoms with Crippen molar-refractivity contribution in [3.63, 3.8) is 0 Å². The summed E-state index contributed by atoms with van der Waals surface area (Å²) in [6.45, 7) is 1.58. The van der Waals surface area contributed by atoms with Crippen molar-refractivity contribution in [1.29, 1.82) is 0 Å². The number of hydrogen-bond donors (Lipinski definition) is 2. The van der Waals surface area contributed by atoms with Crippen molar-refractivity contribution < 1.29 is 17.2 Å². The van der Waals surface area contributed by atoms with Gasteiger partial charge in [-0.25, -0.2) is 21.9 Å². The van der Waals surface area contributed by atoms with Gasteiger partial charge >= 0.3 is 0 Å². The summed E-state index contributed by atoms with van der Waals surface area (Å²) in [7, 11) is -4.02. The van der Waals surface area contributed by atoms with Crippen molar-refractivity contribution in [2.45, 2.75) is 50.1 Å². The molecular weight excluding hydrogens is 298 g/mol. The monoisotopic (exact) mass is 318 g/mol. The second kappa shape index (κ2) is 6.37. The Labute approximate surface area is 123 Å². The lowest BCUT2D eigenvalue weighted by Gasteiger charge is -2.29. The number of halogens is 2. The fourth-order valence-corrected chi connectivity index (χ4v) is 4.21. The summed E-state index contributed by atoms with van der Waals surface area (Å²) in [5.41, 5.74) is 4.87. The molecule has 0 heterocycles. The molecular formula is C14H20F2N2O2S. The summed E-state index contributed by atoms with van der Waals surface area (Å²) in [5.74, 6) is -1.74. The first-order valence-corrected chi connectivity index (χ1v) is 8.54. The lowest BCUT2D eigenvalue weighted by atomic mass is 9.87. The topological polar surface area (TPSA) is 72.2 Å². The Hall–Kier alpha value is -1.05. The van der Waals surface area contributed by atoms with E-state index in [1.807, 2.05) is 6.92 Å². The number of nitrogens with two attached hydrogens (primary N) is 1. The van der Waals surface area contributed by atoms with Crippen LogP contribution in [0.1, 0.15) is 38.2 Å². The van der Waals surface area contributed by atoms with Crippen molar-refractivity contribution in [2.24, 2.45) is 11.7 Å². The van der Waals surface area contributed by atoms with Crippen LogP contribution in [0.2, 0.25) is 0 Å². The smallest absolute Gasteiger partial charge is 0.243 e. The Morgan fingerprint density at radius 1 is 1.29 bits per heavy atom. The molecule has 7 heteroatoms. The van der Waals surface area contributed by atoms with Crippen molar-refractivity contribution in [3.05, 3.63) is 29.3 Å². The first-order valence-electron chi connectivity index (χ1n) is 7.06. The standard InChI is InChI=1S/C14H20F2N2O2S/c1-9-4-2-3-5-12(9)18-21(19,20)13-7-6-11(15)10(8-17)14(13)16/h6-7,9,12,18H,2-5,8,17H2,1H3. The van der Waals surface area contributed by atoms with E-state index < -0.39 is 32.1 Å². The van der Waals surface area contributed by atoms with E-state index in [0.717, 1.165) is 37.8 Å². The molecule has 3 N–H and O–H groups in total. The van der Waals surface area contributed by atoms with Crippen LogP contribution in [0.3, 0.4) is 0 Å². The summed E-state index contributed by atoms with van der Waals surface area (Å²) in [4.78, 5) is -0.540. The number of benzene rings is 1. The van der Waals surface area contributed by atoms with E-state index >= 15 is 0 Å². The molecule has 1 aliphatic rings. The van der Waals surface area contributed by atoms with Gasteiger partial charge in [-0.05, 0) is 30.9 Å². The van der Waals surface area contributed by atoms with Gasteiger partial charge in [0.1, 0.15) is 10.7 Å². The maximum Gasteiger partial charge on any atom is 0.243 e. The van der Waals surface area contributed by atoms with Crippen LogP contribution in [0.5, 0.6) is 0 Å². The number of hydrogen-bond acceptors (Lipinski definition) is 3. The van der Waals surface area contributed by atoms with Gasteiger partial charge in [0.2, 0.25) is 10.0 Å². The molecule has 0 spiro atoms. The molecule has 0 aromatic heterocycles. The Morgan fingerprint density at radius 3 is 2.57 bits per heavy atom. The van der Waals surface area contributed by atoms with Crippen molar-refractivity contribution in [3.8, 4) is 0 Å². The Kier molecular flexibility index (Phi) is 4.95. The fraction of sp³-hybridized carbons (Fsp3) is 0.571. The van der Waals surface area contributed by atoms with Crippen LogP contribution < -0.4 is 10.5 Å². The second-order valence-corrected chi connectivity index (χ2v) is 7.21. The van der Waals surface area contributed by atoms with Crippen molar-refractivity contribution in [2.75, 3.05) is 0 Å². The van der Waals surface area contributed by atoms with Crippen LogP contribution >= 0.6 is 0 Å². The fourth-order valence-electron chi connectivity index (χ4n) is 2.72. The molecule has 1 aromatic rings. The van der Waals surface area contributed by atoms with Gasteiger partial charge in [0.25, 0.3) is 0 Å². The second-order valence-electron chi connectivity index (χ2n) is 5.53. The normalized spacial score (nSPS) is 23.2. The highest BCUT2D eigenvalue weighted by Crippen LogP contribution is 2.27. The van der Waals surface area contributed by atoms with Crippen LogP contribution in [-0.4, -0.2) is 14.5 Å². The van der Waals surface area contributed by atoms with Gasteiger partial charge in [-0.2, -0.15) is 0 Å². The maximum atomic E-state index is 14.1. The molecule has 2 atom stereocenters. The molecule has 118 valence electrons. The molecule has 1 saturated carbocycles. The van der Waals surface area contributed by atoms with Crippen molar-refractivity contribution in [1.82, 2.24) is 4.72 Å². The molecule has 0 aliphatic heterocycles. The molecule has 4 nitrogen and oxygen atoms in total. The summed E-state index contributed by atoms with van der Waals surface area (Å²) >= 11 is 0. The van der Waals surface area contributed by atoms with Crippen LogP contribution in [0, 0.1) is 17.6 Å². The Morgan fingerprint density at radius 2 is 1.95 bits per heavy atom. The zero-order valence-electron chi connectivity index (χ0n) is 11.9. The van der Waals surface area contributed by atoms with Gasteiger partial charge in [-0.1, -0.05) is 19.8 Å². The summed E-state index contributed by atoms with van der Waals surface area (Å²) < 4.78 is 54.8. The molecule has 0 radical (unpaired) electrons. The van der Waals surface area contributed by atoms with Crippen LogP contribution in [0.15, 0.2) is 17.0 Å². The van der Waals surface area contributed by atoms with E-state index in [9.17, 15) is 17.2 Å². The van der Waals surface area contributed by atoms with Gasteiger partial charge in [0.05, 0.1) is 0 Å². The van der Waals surface area contributed by atoms with E-state index in [0.29, 0.717) is 0 Å². The molecule has 0 amide bonds. The Balaban J connectivity index is 2.31. The van der Waals surface area contributed by atoms with Crippen LogP contribution in [0.25, 0.3) is 0 Å². The van der Waals surface area contributed by atoms with E-state index in [2.05, 4.69) is 4.72 Å².